The number of hydrogen-bond donors (Lipinski definition) is 3. The van der Waals surface area contributed by atoms with Crippen molar-refractivity contribution >= 4 is 17.5 Å². The van der Waals surface area contributed by atoms with Crippen molar-refractivity contribution in [2.45, 2.75) is 58.2 Å². The van der Waals surface area contributed by atoms with E-state index in [2.05, 4.69) is 13.8 Å². The van der Waals surface area contributed by atoms with Crippen LogP contribution in [0.2, 0.25) is 0 Å². The van der Waals surface area contributed by atoms with Crippen molar-refractivity contribution in [1.29, 1.82) is 0 Å². The molecule has 0 heterocycles. The second-order valence-electron chi connectivity index (χ2n) is 9.77. The summed E-state index contributed by atoms with van der Waals surface area (Å²) in [6, 6.07) is 0. The van der Waals surface area contributed by atoms with Gasteiger partial charge in [-0.1, -0.05) is 32.4 Å². The van der Waals surface area contributed by atoms with Gasteiger partial charge in [0.2, 0.25) is 0 Å². The Labute approximate surface area is 164 Å². The lowest BCUT2D eigenvalue weighted by atomic mass is 9.45. The first kappa shape index (κ1) is 19.5. The lowest BCUT2D eigenvalue weighted by Crippen LogP contribution is -2.62. The maximum Gasteiger partial charge on any atom is 0.375 e. The van der Waals surface area contributed by atoms with Gasteiger partial charge in [0.25, 0.3) is 5.78 Å². The van der Waals surface area contributed by atoms with E-state index in [9.17, 15) is 29.7 Å². The smallest absolute Gasteiger partial charge is 0.375 e. The molecule has 0 aliphatic heterocycles. The van der Waals surface area contributed by atoms with Gasteiger partial charge in [-0.05, 0) is 55.6 Å². The Morgan fingerprint density at radius 3 is 2.57 bits per heavy atom. The number of carbonyl (C=O) groups is 3. The molecule has 3 fully saturated rings. The Morgan fingerprint density at radius 1 is 1.25 bits per heavy atom. The highest BCUT2D eigenvalue weighted by molar-refractivity contribution is 6.36. The molecule has 4 aliphatic rings. The van der Waals surface area contributed by atoms with Gasteiger partial charge in [-0.3, -0.25) is 9.59 Å². The summed E-state index contributed by atoms with van der Waals surface area (Å²) in [5.74, 6) is -2.82. The molecule has 2 unspecified atom stereocenters. The number of aliphatic hydroxyl groups excluding tert-OH is 1. The van der Waals surface area contributed by atoms with Crippen LogP contribution in [-0.2, 0) is 14.4 Å². The van der Waals surface area contributed by atoms with Gasteiger partial charge in [0.05, 0.1) is 6.10 Å². The summed E-state index contributed by atoms with van der Waals surface area (Å²) in [7, 11) is 0. The molecule has 0 amide bonds. The van der Waals surface area contributed by atoms with Gasteiger partial charge in [-0.25, -0.2) is 4.79 Å². The Kier molecular flexibility index (Phi) is 4.09. The van der Waals surface area contributed by atoms with E-state index in [0.29, 0.717) is 6.42 Å². The molecule has 6 heteroatoms. The van der Waals surface area contributed by atoms with Gasteiger partial charge >= 0.3 is 5.97 Å². The number of carboxylic acids is 1. The van der Waals surface area contributed by atoms with Gasteiger partial charge in [-0.2, -0.15) is 0 Å². The second-order valence-corrected chi connectivity index (χ2v) is 9.77. The van der Waals surface area contributed by atoms with E-state index in [1.54, 1.807) is 19.1 Å². The number of aliphatic carboxylic acids is 1. The van der Waals surface area contributed by atoms with Crippen molar-refractivity contribution in [2.24, 2.45) is 34.5 Å². The van der Waals surface area contributed by atoms with Gasteiger partial charge in [0, 0.05) is 16.7 Å². The van der Waals surface area contributed by atoms with Crippen molar-refractivity contribution < 1.29 is 29.7 Å². The quantitative estimate of drug-likeness (QED) is 0.623. The van der Waals surface area contributed by atoms with Crippen LogP contribution in [0, 0.1) is 34.5 Å². The van der Waals surface area contributed by atoms with E-state index in [0.717, 1.165) is 12.0 Å². The van der Waals surface area contributed by atoms with Crippen LogP contribution in [0.5, 0.6) is 0 Å². The van der Waals surface area contributed by atoms with Crippen molar-refractivity contribution in [2.75, 3.05) is 0 Å². The molecule has 3 saturated carbocycles. The van der Waals surface area contributed by atoms with Gasteiger partial charge in [-0.15, -0.1) is 0 Å². The number of allylic oxidation sites excluding steroid dienone is 4. The zero-order valence-corrected chi connectivity index (χ0v) is 16.5. The maximum atomic E-state index is 12.4. The maximum absolute atomic E-state index is 12.4. The lowest BCUT2D eigenvalue weighted by molar-refractivity contribution is -0.184. The molecule has 4 rings (SSSR count). The normalized spacial score (nSPS) is 49.7. The first-order valence-corrected chi connectivity index (χ1v) is 10.1. The molecule has 0 saturated heterocycles. The minimum absolute atomic E-state index is 0.0322. The zero-order chi connectivity index (χ0) is 20.6. The van der Waals surface area contributed by atoms with E-state index in [1.807, 2.05) is 6.08 Å². The summed E-state index contributed by atoms with van der Waals surface area (Å²) in [4.78, 5) is 35.7. The SMILES string of the molecule is CC1C[C@@H]2[C@H](C(O)C[C@@]3(C)[C@H]2CC[C@]3(O)C(=O)C(=O)O)[C@@]2(C)C=CC(=O)C=C12. The van der Waals surface area contributed by atoms with Crippen LogP contribution in [0.1, 0.15) is 46.5 Å². The van der Waals surface area contributed by atoms with Gasteiger partial charge in [0.1, 0.15) is 5.60 Å². The summed E-state index contributed by atoms with van der Waals surface area (Å²) < 4.78 is 0. The van der Waals surface area contributed by atoms with E-state index in [1.165, 1.54) is 0 Å². The number of fused-ring (bicyclic) bond motifs is 5. The van der Waals surface area contributed by atoms with E-state index >= 15 is 0 Å². The fraction of sp³-hybridized carbons (Fsp3) is 0.682. The highest BCUT2D eigenvalue weighted by atomic mass is 16.4. The summed E-state index contributed by atoms with van der Waals surface area (Å²) in [6.07, 6.45) is 5.97. The number of ketones is 2. The van der Waals surface area contributed by atoms with Crippen molar-refractivity contribution in [3.8, 4) is 0 Å². The first-order valence-electron chi connectivity index (χ1n) is 10.1. The predicted octanol–water partition coefficient (Wildman–Crippen LogP) is 1.90. The Morgan fingerprint density at radius 2 is 1.93 bits per heavy atom. The molecular weight excluding hydrogens is 360 g/mol. The van der Waals surface area contributed by atoms with Crippen LogP contribution >= 0.6 is 0 Å². The van der Waals surface area contributed by atoms with Crippen LogP contribution in [0.15, 0.2) is 23.8 Å². The molecule has 6 nitrogen and oxygen atoms in total. The molecular formula is C22H28O6. The minimum Gasteiger partial charge on any atom is -0.475 e. The molecule has 0 bridgehead atoms. The second kappa shape index (κ2) is 5.86. The Hall–Kier alpha value is -1.79. The highest BCUT2D eigenvalue weighted by Crippen LogP contribution is 2.67. The minimum atomic E-state index is -1.95. The lowest BCUT2D eigenvalue weighted by Gasteiger charge is -2.60. The molecule has 152 valence electrons. The number of rotatable bonds is 2. The van der Waals surface area contributed by atoms with Crippen LogP contribution < -0.4 is 0 Å². The van der Waals surface area contributed by atoms with Crippen LogP contribution in [0.25, 0.3) is 0 Å². The number of hydrogen-bond acceptors (Lipinski definition) is 5. The van der Waals surface area contributed by atoms with Crippen LogP contribution in [0.3, 0.4) is 0 Å². The molecule has 0 radical (unpaired) electrons. The molecule has 0 aromatic carbocycles. The average molecular weight is 388 g/mol. The Balaban J connectivity index is 1.78. The van der Waals surface area contributed by atoms with E-state index in [-0.39, 0.29) is 42.3 Å². The molecule has 0 spiro atoms. The third-order valence-electron chi connectivity index (χ3n) is 8.54. The average Bonchev–Trinajstić information content (AvgIpc) is 2.87. The van der Waals surface area contributed by atoms with Crippen LogP contribution in [-0.4, -0.2) is 44.6 Å². The highest BCUT2D eigenvalue weighted by Gasteiger charge is 2.69. The standard InChI is InChI=1S/C22H28O6/c1-11-8-13-14-5-7-22(28,18(25)19(26)27)21(14,3)10-16(24)17(13)20(2)6-4-12(23)9-15(11)20/h4,6,9,11,13-14,16-17,24,28H,5,7-8,10H2,1-3H3,(H,26,27)/t11?,13-,14-,16?,17+,20-,21-,22-/m0/s1. The first-order chi connectivity index (χ1) is 13.0. The van der Waals surface area contributed by atoms with E-state index < -0.39 is 34.3 Å². The number of carbonyl (C=O) groups excluding carboxylic acids is 2. The van der Waals surface area contributed by atoms with Gasteiger partial charge < -0.3 is 15.3 Å². The third-order valence-corrected chi connectivity index (χ3v) is 8.54. The summed E-state index contributed by atoms with van der Waals surface area (Å²) in [5.41, 5.74) is -2.34. The molecule has 8 atom stereocenters. The molecule has 4 aliphatic carbocycles. The fourth-order valence-corrected chi connectivity index (χ4v) is 7.30. The Bertz CT molecular complexity index is 827. The summed E-state index contributed by atoms with van der Waals surface area (Å²) >= 11 is 0. The number of Topliss-reactive ketones (excluding diaryl/α,β-unsaturated/α-hetero) is 1. The summed E-state index contributed by atoms with van der Waals surface area (Å²) in [6.45, 7) is 5.91. The van der Waals surface area contributed by atoms with Crippen molar-refractivity contribution in [3.63, 3.8) is 0 Å². The molecule has 3 N–H and O–H groups in total. The zero-order valence-electron chi connectivity index (χ0n) is 16.5. The topological polar surface area (TPSA) is 112 Å². The molecule has 0 aromatic rings. The van der Waals surface area contributed by atoms with Crippen molar-refractivity contribution in [1.82, 2.24) is 0 Å². The van der Waals surface area contributed by atoms with Gasteiger partial charge in [0.15, 0.2) is 5.78 Å². The van der Waals surface area contributed by atoms with Crippen molar-refractivity contribution in [3.05, 3.63) is 23.8 Å². The summed E-state index contributed by atoms with van der Waals surface area (Å²) in [5, 5.41) is 31.6. The molecule has 0 aromatic heterocycles. The third kappa shape index (κ3) is 2.25. The predicted molar refractivity (Wildman–Crippen MR) is 100 cm³/mol. The fourth-order valence-electron chi connectivity index (χ4n) is 7.30. The number of aliphatic hydroxyl groups is 2. The van der Waals surface area contributed by atoms with Crippen LogP contribution in [0.4, 0.5) is 0 Å². The van der Waals surface area contributed by atoms with E-state index in [4.69, 9.17) is 0 Å². The molecule has 28 heavy (non-hydrogen) atoms. The number of carboxylic acid groups (broad SMARTS) is 1. The monoisotopic (exact) mass is 388 g/mol. The largest absolute Gasteiger partial charge is 0.475 e.